The summed E-state index contributed by atoms with van der Waals surface area (Å²) in [5, 5.41) is 3.03. The third kappa shape index (κ3) is 3.64. The van der Waals surface area contributed by atoms with Gasteiger partial charge in [-0.3, -0.25) is 14.5 Å². The van der Waals surface area contributed by atoms with Gasteiger partial charge in [0.2, 0.25) is 5.91 Å². The molecule has 1 saturated heterocycles. The smallest absolute Gasteiger partial charge is 0.264 e. The van der Waals surface area contributed by atoms with E-state index in [4.69, 9.17) is 0 Å². The lowest BCUT2D eigenvalue weighted by molar-refractivity contribution is -0.122. The highest BCUT2D eigenvalue weighted by atomic mass is 32.1. The van der Waals surface area contributed by atoms with E-state index >= 15 is 0 Å². The van der Waals surface area contributed by atoms with Crippen molar-refractivity contribution in [3.8, 4) is 0 Å². The second-order valence-corrected chi connectivity index (χ2v) is 8.31. The van der Waals surface area contributed by atoms with Crippen molar-refractivity contribution in [1.29, 1.82) is 0 Å². The van der Waals surface area contributed by atoms with Crippen LogP contribution in [0.25, 0.3) is 0 Å². The van der Waals surface area contributed by atoms with E-state index in [1.807, 2.05) is 4.90 Å². The third-order valence-electron chi connectivity index (χ3n) is 5.18. The Labute approximate surface area is 147 Å². The molecule has 0 spiro atoms. The van der Waals surface area contributed by atoms with Crippen molar-refractivity contribution in [2.24, 2.45) is 0 Å². The van der Waals surface area contributed by atoms with Crippen LogP contribution >= 0.6 is 11.3 Å². The first kappa shape index (κ1) is 16.1. The fourth-order valence-corrected chi connectivity index (χ4v) is 4.79. The molecule has 5 nitrogen and oxygen atoms in total. The Hall–Kier alpha value is -1.40. The van der Waals surface area contributed by atoms with E-state index in [0.717, 1.165) is 56.7 Å². The molecule has 2 aliphatic carbocycles. The van der Waals surface area contributed by atoms with Gasteiger partial charge in [0.05, 0.1) is 11.4 Å². The Balaban J connectivity index is 1.29. The first-order valence-electron chi connectivity index (χ1n) is 9.11. The summed E-state index contributed by atoms with van der Waals surface area (Å²) in [6.45, 7) is 3.48. The van der Waals surface area contributed by atoms with Gasteiger partial charge in [-0.25, -0.2) is 0 Å². The summed E-state index contributed by atoms with van der Waals surface area (Å²) in [7, 11) is 0. The van der Waals surface area contributed by atoms with Crippen LogP contribution in [0, 0.1) is 0 Å². The van der Waals surface area contributed by atoms with Crippen molar-refractivity contribution >= 4 is 23.2 Å². The fourth-order valence-electron chi connectivity index (χ4n) is 3.57. The summed E-state index contributed by atoms with van der Waals surface area (Å²) in [6.07, 6.45) is 7.01. The molecule has 2 fully saturated rings. The van der Waals surface area contributed by atoms with Crippen molar-refractivity contribution in [2.75, 3.05) is 32.7 Å². The number of carbonyl (C=O) groups is 2. The molecule has 130 valence electrons. The van der Waals surface area contributed by atoms with E-state index < -0.39 is 0 Å². The van der Waals surface area contributed by atoms with Gasteiger partial charge in [0.25, 0.3) is 5.91 Å². The number of aryl methyl sites for hydroxylation is 2. The van der Waals surface area contributed by atoms with Crippen LogP contribution in [0.3, 0.4) is 0 Å². The molecule has 2 amide bonds. The second kappa shape index (κ2) is 6.84. The van der Waals surface area contributed by atoms with Crippen molar-refractivity contribution in [2.45, 2.75) is 44.6 Å². The maximum absolute atomic E-state index is 12.7. The molecule has 4 rings (SSSR count). The molecular formula is C18H25N3O2S. The van der Waals surface area contributed by atoms with Crippen LogP contribution < -0.4 is 5.32 Å². The van der Waals surface area contributed by atoms with E-state index in [1.165, 1.54) is 23.3 Å². The highest BCUT2D eigenvalue weighted by molar-refractivity contribution is 7.14. The molecule has 24 heavy (non-hydrogen) atoms. The van der Waals surface area contributed by atoms with Gasteiger partial charge in [0, 0.05) is 37.1 Å². The second-order valence-electron chi connectivity index (χ2n) is 7.18. The number of amides is 2. The van der Waals surface area contributed by atoms with Crippen LogP contribution in [0.2, 0.25) is 0 Å². The van der Waals surface area contributed by atoms with Gasteiger partial charge in [-0.05, 0) is 50.2 Å². The predicted octanol–water partition coefficient (Wildman–Crippen LogP) is 1.66. The highest BCUT2D eigenvalue weighted by Crippen LogP contribution is 2.30. The number of hydrogen-bond donors (Lipinski definition) is 1. The summed E-state index contributed by atoms with van der Waals surface area (Å²) in [5.41, 5.74) is 1.39. The molecule has 1 aromatic rings. The number of hydrogen-bond acceptors (Lipinski definition) is 4. The molecule has 1 N–H and O–H groups in total. The van der Waals surface area contributed by atoms with Gasteiger partial charge < -0.3 is 10.2 Å². The van der Waals surface area contributed by atoms with Crippen molar-refractivity contribution in [3.05, 3.63) is 21.4 Å². The maximum atomic E-state index is 12.7. The van der Waals surface area contributed by atoms with Gasteiger partial charge in [-0.1, -0.05) is 0 Å². The van der Waals surface area contributed by atoms with Gasteiger partial charge in [0.15, 0.2) is 0 Å². The topological polar surface area (TPSA) is 52.7 Å². The molecular weight excluding hydrogens is 322 g/mol. The standard InChI is InChI=1S/C18H25N3O2S/c22-17(19-14-5-6-14)12-20-7-9-21(10-8-20)18(23)16-11-13-3-1-2-4-15(13)24-16/h11,14H,1-10,12H2,(H,19,22). The van der Waals surface area contributed by atoms with Crippen LogP contribution in [0.5, 0.6) is 0 Å². The first-order chi connectivity index (χ1) is 11.7. The zero-order valence-electron chi connectivity index (χ0n) is 14.1. The molecule has 1 aromatic heterocycles. The van der Waals surface area contributed by atoms with E-state index in [1.54, 1.807) is 11.3 Å². The van der Waals surface area contributed by atoms with Gasteiger partial charge >= 0.3 is 0 Å². The lowest BCUT2D eigenvalue weighted by Gasteiger charge is -2.34. The van der Waals surface area contributed by atoms with Gasteiger partial charge in [-0.15, -0.1) is 11.3 Å². The van der Waals surface area contributed by atoms with Crippen LogP contribution in [0.15, 0.2) is 6.07 Å². The van der Waals surface area contributed by atoms with Crippen LogP contribution in [0.4, 0.5) is 0 Å². The minimum Gasteiger partial charge on any atom is -0.352 e. The summed E-state index contributed by atoms with van der Waals surface area (Å²) in [6, 6.07) is 2.54. The number of piperazine rings is 1. The van der Waals surface area contributed by atoms with Crippen LogP contribution in [-0.4, -0.2) is 60.4 Å². The number of carbonyl (C=O) groups excluding carboxylic acids is 2. The van der Waals surface area contributed by atoms with Gasteiger partial charge in [-0.2, -0.15) is 0 Å². The molecule has 0 radical (unpaired) electrons. The summed E-state index contributed by atoms with van der Waals surface area (Å²) < 4.78 is 0. The monoisotopic (exact) mass is 347 g/mol. The third-order valence-corrected chi connectivity index (χ3v) is 6.40. The molecule has 6 heteroatoms. The number of nitrogens with zero attached hydrogens (tertiary/aromatic N) is 2. The van der Waals surface area contributed by atoms with Crippen LogP contribution in [0.1, 0.15) is 45.8 Å². The van der Waals surface area contributed by atoms with E-state index in [2.05, 4.69) is 16.3 Å². The Morgan fingerprint density at radius 3 is 2.58 bits per heavy atom. The lowest BCUT2D eigenvalue weighted by Crippen LogP contribution is -2.51. The summed E-state index contributed by atoms with van der Waals surface area (Å²) in [4.78, 5) is 31.0. The lowest BCUT2D eigenvalue weighted by atomic mass is 9.99. The number of thiophene rings is 1. The normalized spacial score (nSPS) is 21.4. The highest BCUT2D eigenvalue weighted by Gasteiger charge is 2.27. The minimum absolute atomic E-state index is 0.128. The molecule has 1 saturated carbocycles. The Morgan fingerprint density at radius 2 is 1.88 bits per heavy atom. The quantitative estimate of drug-likeness (QED) is 0.901. The Bertz CT molecular complexity index is 607. The average molecular weight is 347 g/mol. The maximum Gasteiger partial charge on any atom is 0.264 e. The molecule has 0 unspecified atom stereocenters. The minimum atomic E-state index is 0.128. The molecule has 0 bridgehead atoms. The molecule has 3 aliphatic rings. The van der Waals surface area contributed by atoms with Gasteiger partial charge in [0.1, 0.15) is 0 Å². The Kier molecular flexibility index (Phi) is 4.59. The number of rotatable bonds is 4. The number of fused-ring (bicyclic) bond motifs is 1. The average Bonchev–Trinajstić information content (AvgIpc) is 3.29. The van der Waals surface area contributed by atoms with E-state index in [0.29, 0.717) is 12.6 Å². The SMILES string of the molecule is O=C(CN1CCN(C(=O)c2cc3c(s2)CCCC3)CC1)NC1CC1. The Morgan fingerprint density at radius 1 is 1.12 bits per heavy atom. The van der Waals surface area contributed by atoms with E-state index in [9.17, 15) is 9.59 Å². The van der Waals surface area contributed by atoms with E-state index in [-0.39, 0.29) is 11.8 Å². The summed E-state index contributed by atoms with van der Waals surface area (Å²) in [5.74, 6) is 0.305. The van der Waals surface area contributed by atoms with Crippen molar-refractivity contribution < 1.29 is 9.59 Å². The largest absolute Gasteiger partial charge is 0.352 e. The predicted molar refractivity (Wildman–Crippen MR) is 94.5 cm³/mol. The molecule has 1 aliphatic heterocycles. The first-order valence-corrected chi connectivity index (χ1v) is 9.93. The van der Waals surface area contributed by atoms with Crippen molar-refractivity contribution in [3.63, 3.8) is 0 Å². The fraction of sp³-hybridized carbons (Fsp3) is 0.667. The molecule has 2 heterocycles. The zero-order chi connectivity index (χ0) is 16.5. The summed E-state index contributed by atoms with van der Waals surface area (Å²) >= 11 is 1.69. The molecule has 0 atom stereocenters. The zero-order valence-corrected chi connectivity index (χ0v) is 14.9. The van der Waals surface area contributed by atoms with Crippen molar-refractivity contribution in [1.82, 2.24) is 15.1 Å². The van der Waals surface area contributed by atoms with Crippen LogP contribution in [-0.2, 0) is 17.6 Å². The molecule has 0 aromatic carbocycles. The number of nitrogens with one attached hydrogen (secondary N) is 1.